The third kappa shape index (κ3) is 4.70. The van der Waals surface area contributed by atoms with E-state index in [1.54, 1.807) is 7.05 Å². The first-order valence-corrected chi connectivity index (χ1v) is 10.9. The summed E-state index contributed by atoms with van der Waals surface area (Å²) >= 11 is 0. The van der Waals surface area contributed by atoms with Gasteiger partial charge in [-0.15, -0.1) is 0 Å². The molecule has 1 amide bonds. The number of carbonyl (C=O) groups excluding carboxylic acids is 1. The number of para-hydroxylation sites is 1. The molecule has 5 nitrogen and oxygen atoms in total. The number of amides is 1. The van der Waals surface area contributed by atoms with Crippen LogP contribution in [0.3, 0.4) is 0 Å². The molecule has 2 aromatic rings. The van der Waals surface area contributed by atoms with Gasteiger partial charge in [-0.1, -0.05) is 18.2 Å². The van der Waals surface area contributed by atoms with E-state index in [9.17, 15) is 13.6 Å². The van der Waals surface area contributed by atoms with Gasteiger partial charge >= 0.3 is 0 Å². The van der Waals surface area contributed by atoms with Crippen LogP contribution in [-0.2, 0) is 11.2 Å². The Morgan fingerprint density at radius 3 is 2.84 bits per heavy atom. The van der Waals surface area contributed by atoms with Crippen LogP contribution in [0.15, 0.2) is 47.5 Å². The lowest BCUT2D eigenvalue weighted by atomic mass is 9.98. The Kier molecular flexibility index (Phi) is 6.49. The van der Waals surface area contributed by atoms with Crippen molar-refractivity contribution in [2.75, 3.05) is 38.1 Å². The van der Waals surface area contributed by atoms with Gasteiger partial charge < -0.3 is 15.1 Å². The van der Waals surface area contributed by atoms with E-state index >= 15 is 0 Å². The summed E-state index contributed by atoms with van der Waals surface area (Å²) in [6, 6.07) is 11.8. The Bertz CT molecular complexity index is 978. The molecule has 2 aromatic carbocycles. The number of nitrogens with one attached hydrogen (secondary N) is 1. The van der Waals surface area contributed by atoms with Gasteiger partial charge in [0.25, 0.3) is 0 Å². The number of nitrogens with zero attached hydrogens (tertiary/aromatic N) is 3. The van der Waals surface area contributed by atoms with E-state index in [1.807, 2.05) is 17.0 Å². The molecule has 7 heteroatoms. The molecule has 1 unspecified atom stereocenters. The van der Waals surface area contributed by atoms with E-state index in [1.165, 1.54) is 11.6 Å². The van der Waals surface area contributed by atoms with Crippen molar-refractivity contribution < 1.29 is 13.6 Å². The van der Waals surface area contributed by atoms with E-state index in [4.69, 9.17) is 0 Å². The Morgan fingerprint density at radius 2 is 2.06 bits per heavy atom. The summed E-state index contributed by atoms with van der Waals surface area (Å²) in [6.45, 7) is 2.85. The van der Waals surface area contributed by atoms with E-state index in [-0.39, 0.29) is 5.91 Å². The van der Waals surface area contributed by atoms with Crippen molar-refractivity contribution in [1.82, 2.24) is 10.2 Å². The fraction of sp³-hybridized carbons (Fsp3) is 0.417. The highest BCUT2D eigenvalue weighted by molar-refractivity contribution is 5.98. The number of carbonyl (C=O) groups is 1. The van der Waals surface area contributed by atoms with Crippen LogP contribution in [0.5, 0.6) is 0 Å². The molecule has 0 saturated carbocycles. The maximum Gasteiger partial charge on any atom is 0.222 e. The third-order valence-corrected chi connectivity index (χ3v) is 6.14. The van der Waals surface area contributed by atoms with Crippen molar-refractivity contribution in [2.24, 2.45) is 4.99 Å². The van der Waals surface area contributed by atoms with Crippen LogP contribution in [0.1, 0.15) is 36.3 Å². The Hall–Kier alpha value is -2.96. The minimum absolute atomic E-state index is 0.255. The number of guanidine groups is 1. The number of fused-ring (bicyclic) bond motifs is 1. The molecule has 0 radical (unpaired) electrons. The number of hydrogen-bond donors (Lipinski definition) is 1. The topological polar surface area (TPSA) is 47.9 Å². The predicted octanol–water partition coefficient (Wildman–Crippen LogP) is 3.70. The van der Waals surface area contributed by atoms with Gasteiger partial charge in [-0.3, -0.25) is 9.79 Å². The summed E-state index contributed by atoms with van der Waals surface area (Å²) in [6.07, 6.45) is 2.88. The summed E-state index contributed by atoms with van der Waals surface area (Å²) in [5, 5.41) is 3.29. The Morgan fingerprint density at radius 1 is 1.23 bits per heavy atom. The standard InChI is InChI=1S/C24H28F2N4O/c1-27-24(28-12-10-17-15-19(25)8-9-21(17)26)30-16-18(20-5-2-3-6-22(20)30)11-14-29-13-4-7-23(29)31/h2-3,5-6,8-9,15,18H,4,7,10-14,16H2,1H3,(H,27,28). The molecule has 1 N–H and O–H groups in total. The lowest BCUT2D eigenvalue weighted by molar-refractivity contribution is -0.127. The molecule has 2 aliphatic heterocycles. The van der Waals surface area contributed by atoms with Crippen molar-refractivity contribution in [3.05, 3.63) is 65.2 Å². The van der Waals surface area contributed by atoms with E-state index in [0.717, 1.165) is 50.3 Å². The third-order valence-electron chi connectivity index (χ3n) is 6.14. The first kappa shape index (κ1) is 21.3. The minimum Gasteiger partial charge on any atom is -0.356 e. The molecule has 4 rings (SSSR count). The summed E-state index contributed by atoms with van der Waals surface area (Å²) in [5.41, 5.74) is 2.71. The number of halogens is 2. The van der Waals surface area contributed by atoms with Crippen LogP contribution in [0.25, 0.3) is 0 Å². The second-order valence-corrected chi connectivity index (χ2v) is 8.10. The van der Waals surface area contributed by atoms with Gasteiger partial charge in [0.2, 0.25) is 5.91 Å². The lowest BCUT2D eigenvalue weighted by Gasteiger charge is -2.23. The highest BCUT2D eigenvalue weighted by Crippen LogP contribution is 2.38. The maximum atomic E-state index is 13.9. The molecule has 0 aromatic heterocycles. The van der Waals surface area contributed by atoms with Gasteiger partial charge in [-0.05, 0) is 54.7 Å². The first-order chi connectivity index (χ1) is 15.1. The van der Waals surface area contributed by atoms with Crippen molar-refractivity contribution in [1.29, 1.82) is 0 Å². The van der Waals surface area contributed by atoms with Gasteiger partial charge in [0.05, 0.1) is 0 Å². The van der Waals surface area contributed by atoms with E-state index < -0.39 is 11.6 Å². The van der Waals surface area contributed by atoms with Crippen LogP contribution in [0.2, 0.25) is 0 Å². The van der Waals surface area contributed by atoms with Crippen molar-refractivity contribution in [3.8, 4) is 0 Å². The molecule has 164 valence electrons. The average molecular weight is 427 g/mol. The average Bonchev–Trinajstić information content (AvgIpc) is 3.35. The van der Waals surface area contributed by atoms with Crippen molar-refractivity contribution >= 4 is 17.6 Å². The quantitative estimate of drug-likeness (QED) is 0.566. The van der Waals surface area contributed by atoms with Gasteiger partial charge in [0.1, 0.15) is 11.6 Å². The Balaban J connectivity index is 1.41. The number of benzene rings is 2. The number of anilines is 1. The molecule has 1 saturated heterocycles. The van der Waals surface area contributed by atoms with Gasteiger partial charge in [0, 0.05) is 51.3 Å². The normalized spacial score (nSPS) is 18.6. The molecular formula is C24H28F2N4O. The molecular weight excluding hydrogens is 398 g/mol. The lowest BCUT2D eigenvalue weighted by Crippen LogP contribution is -2.42. The van der Waals surface area contributed by atoms with Crippen LogP contribution >= 0.6 is 0 Å². The van der Waals surface area contributed by atoms with Crippen molar-refractivity contribution in [3.63, 3.8) is 0 Å². The zero-order chi connectivity index (χ0) is 21.8. The summed E-state index contributed by atoms with van der Waals surface area (Å²) < 4.78 is 27.3. The summed E-state index contributed by atoms with van der Waals surface area (Å²) in [4.78, 5) is 20.5. The number of rotatable bonds is 6. The molecule has 1 fully saturated rings. The summed E-state index contributed by atoms with van der Waals surface area (Å²) in [7, 11) is 1.73. The van der Waals surface area contributed by atoms with Crippen LogP contribution in [-0.4, -0.2) is 50.0 Å². The molecule has 0 aliphatic carbocycles. The second-order valence-electron chi connectivity index (χ2n) is 8.10. The number of hydrogen-bond acceptors (Lipinski definition) is 2. The van der Waals surface area contributed by atoms with Gasteiger partial charge in [-0.25, -0.2) is 8.78 Å². The number of likely N-dealkylation sites (tertiary alicyclic amines) is 1. The summed E-state index contributed by atoms with van der Waals surface area (Å²) in [5.74, 6) is 0.438. The van der Waals surface area contributed by atoms with E-state index in [2.05, 4.69) is 27.3 Å². The largest absolute Gasteiger partial charge is 0.356 e. The van der Waals surface area contributed by atoms with E-state index in [0.29, 0.717) is 36.8 Å². The zero-order valence-electron chi connectivity index (χ0n) is 17.8. The monoisotopic (exact) mass is 426 g/mol. The maximum absolute atomic E-state index is 13.9. The first-order valence-electron chi connectivity index (χ1n) is 10.9. The molecule has 2 aliphatic rings. The molecule has 1 atom stereocenters. The van der Waals surface area contributed by atoms with Gasteiger partial charge in [0.15, 0.2) is 5.96 Å². The fourth-order valence-corrected chi connectivity index (χ4v) is 4.53. The van der Waals surface area contributed by atoms with Crippen LogP contribution in [0.4, 0.5) is 14.5 Å². The smallest absolute Gasteiger partial charge is 0.222 e. The molecule has 31 heavy (non-hydrogen) atoms. The predicted molar refractivity (Wildman–Crippen MR) is 118 cm³/mol. The molecule has 2 heterocycles. The molecule has 0 bridgehead atoms. The minimum atomic E-state index is -0.437. The van der Waals surface area contributed by atoms with Crippen LogP contribution < -0.4 is 10.2 Å². The van der Waals surface area contributed by atoms with Gasteiger partial charge in [-0.2, -0.15) is 0 Å². The number of aliphatic imine (C=N–C) groups is 1. The Labute approximate surface area is 181 Å². The SMILES string of the molecule is CN=C(NCCc1cc(F)ccc1F)N1CC(CCN2CCCC2=O)c2ccccc21. The zero-order valence-corrected chi connectivity index (χ0v) is 17.8. The van der Waals surface area contributed by atoms with Crippen LogP contribution in [0, 0.1) is 11.6 Å². The highest BCUT2D eigenvalue weighted by Gasteiger charge is 2.32. The highest BCUT2D eigenvalue weighted by atomic mass is 19.1. The van der Waals surface area contributed by atoms with Crippen molar-refractivity contribution in [2.45, 2.75) is 31.6 Å². The fourth-order valence-electron chi connectivity index (χ4n) is 4.53. The second kappa shape index (κ2) is 9.45. The molecule has 0 spiro atoms.